The first-order valence-electron chi connectivity index (χ1n) is 5.99. The summed E-state index contributed by atoms with van der Waals surface area (Å²) >= 11 is 0. The largest absolute Gasteiger partial charge is 0.504 e. The molecular formula is C13H16N2O4. The molecule has 1 amide bonds. The molecule has 6 heteroatoms. The van der Waals surface area contributed by atoms with Gasteiger partial charge in [0.2, 0.25) is 5.91 Å². The lowest BCUT2D eigenvalue weighted by molar-refractivity contribution is -0.134. The summed E-state index contributed by atoms with van der Waals surface area (Å²) < 4.78 is 0. The van der Waals surface area contributed by atoms with Crippen molar-refractivity contribution in [3.63, 3.8) is 0 Å². The summed E-state index contributed by atoms with van der Waals surface area (Å²) in [6.45, 7) is 1.61. The maximum atomic E-state index is 12.0. The number of phenols is 2. The van der Waals surface area contributed by atoms with Crippen LogP contribution in [0, 0.1) is 0 Å². The van der Waals surface area contributed by atoms with E-state index in [9.17, 15) is 19.8 Å². The van der Waals surface area contributed by atoms with Gasteiger partial charge in [-0.05, 0) is 18.2 Å². The molecule has 6 nitrogen and oxygen atoms in total. The second kappa shape index (κ2) is 5.27. The molecule has 0 bridgehead atoms. The number of rotatable bonds is 3. The van der Waals surface area contributed by atoms with E-state index >= 15 is 0 Å². The number of carbonyl (C=O) groups is 2. The van der Waals surface area contributed by atoms with E-state index in [4.69, 9.17) is 0 Å². The Labute approximate surface area is 110 Å². The molecule has 1 heterocycles. The summed E-state index contributed by atoms with van der Waals surface area (Å²) in [5.74, 6) is -0.771. The monoisotopic (exact) mass is 264 g/mol. The van der Waals surface area contributed by atoms with E-state index in [0.29, 0.717) is 18.7 Å². The number of aromatic hydroxyl groups is 2. The number of phenolic OH excluding ortho intramolecular Hbond substituents is 2. The molecule has 102 valence electrons. The van der Waals surface area contributed by atoms with Gasteiger partial charge in [-0.2, -0.15) is 0 Å². The van der Waals surface area contributed by atoms with Crippen LogP contribution in [-0.2, 0) is 4.79 Å². The van der Waals surface area contributed by atoms with Crippen LogP contribution in [0.1, 0.15) is 10.4 Å². The number of benzene rings is 1. The predicted octanol–water partition coefficient (Wildman–Crippen LogP) is 0.0545. The zero-order valence-electron chi connectivity index (χ0n) is 10.7. The molecule has 0 radical (unpaired) electrons. The molecule has 1 aliphatic heterocycles. The molecule has 19 heavy (non-hydrogen) atoms. The minimum Gasteiger partial charge on any atom is -0.504 e. The van der Waals surface area contributed by atoms with Crippen molar-refractivity contribution in [1.82, 2.24) is 9.80 Å². The van der Waals surface area contributed by atoms with E-state index in [1.807, 2.05) is 0 Å². The van der Waals surface area contributed by atoms with Gasteiger partial charge in [0, 0.05) is 25.7 Å². The van der Waals surface area contributed by atoms with Gasteiger partial charge in [-0.3, -0.25) is 14.5 Å². The molecule has 1 saturated heterocycles. The second-order valence-electron chi connectivity index (χ2n) is 4.65. The van der Waals surface area contributed by atoms with Crippen molar-refractivity contribution in [2.75, 3.05) is 33.2 Å². The highest BCUT2D eigenvalue weighted by Crippen LogP contribution is 2.25. The minimum atomic E-state index is -0.319. The molecule has 1 fully saturated rings. The number of nitrogens with zero attached hydrogens (tertiary/aromatic N) is 2. The summed E-state index contributed by atoms with van der Waals surface area (Å²) in [4.78, 5) is 26.9. The Balaban J connectivity index is 2.01. The van der Waals surface area contributed by atoms with Gasteiger partial charge in [0.15, 0.2) is 17.3 Å². The molecular weight excluding hydrogens is 248 g/mol. The van der Waals surface area contributed by atoms with Crippen molar-refractivity contribution in [2.24, 2.45) is 0 Å². The molecule has 2 rings (SSSR count). The first kappa shape index (κ1) is 13.4. The molecule has 0 aliphatic carbocycles. The molecule has 0 spiro atoms. The summed E-state index contributed by atoms with van der Waals surface area (Å²) in [5, 5.41) is 18.5. The van der Waals surface area contributed by atoms with Gasteiger partial charge in [0.05, 0.1) is 13.1 Å². The summed E-state index contributed by atoms with van der Waals surface area (Å²) in [6, 6.07) is 3.96. The normalized spacial score (nSPS) is 16.7. The highest BCUT2D eigenvalue weighted by atomic mass is 16.3. The Morgan fingerprint density at radius 3 is 2.63 bits per heavy atom. The zero-order valence-corrected chi connectivity index (χ0v) is 10.7. The van der Waals surface area contributed by atoms with Crippen LogP contribution in [0.5, 0.6) is 11.5 Å². The minimum absolute atomic E-state index is 0.00685. The van der Waals surface area contributed by atoms with Gasteiger partial charge in [-0.1, -0.05) is 0 Å². The van der Waals surface area contributed by atoms with Crippen LogP contribution in [0.2, 0.25) is 0 Å². The highest BCUT2D eigenvalue weighted by Gasteiger charge is 2.23. The van der Waals surface area contributed by atoms with Crippen LogP contribution in [-0.4, -0.2) is 64.9 Å². The number of hydrogen-bond donors (Lipinski definition) is 2. The Hall–Kier alpha value is -2.08. The molecule has 2 N–H and O–H groups in total. The Morgan fingerprint density at radius 1 is 1.26 bits per heavy atom. The summed E-state index contributed by atoms with van der Waals surface area (Å²) in [6.07, 6.45) is 0. The van der Waals surface area contributed by atoms with Gasteiger partial charge in [-0.15, -0.1) is 0 Å². The standard InChI is InChI=1S/C13H16N2O4/c1-14-4-5-15(8-13(14)19)7-12(18)9-2-3-10(16)11(17)6-9/h2-3,6,16-17H,4-5,7-8H2,1H3. The quantitative estimate of drug-likeness (QED) is 0.596. The third kappa shape index (κ3) is 3.03. The molecule has 1 aromatic rings. The molecule has 1 aliphatic rings. The fourth-order valence-electron chi connectivity index (χ4n) is 1.93. The van der Waals surface area contributed by atoms with Crippen LogP contribution >= 0.6 is 0 Å². The Bertz CT molecular complexity index is 515. The third-order valence-electron chi connectivity index (χ3n) is 3.20. The molecule has 0 atom stereocenters. The third-order valence-corrected chi connectivity index (χ3v) is 3.20. The smallest absolute Gasteiger partial charge is 0.236 e. The number of ketones is 1. The van der Waals surface area contributed by atoms with Gasteiger partial charge in [-0.25, -0.2) is 0 Å². The van der Waals surface area contributed by atoms with Crippen molar-refractivity contribution in [3.8, 4) is 11.5 Å². The number of hydrogen-bond acceptors (Lipinski definition) is 5. The first-order chi connectivity index (χ1) is 8.97. The number of carbonyl (C=O) groups excluding carboxylic acids is 2. The first-order valence-corrected chi connectivity index (χ1v) is 5.99. The Kier molecular flexibility index (Phi) is 3.71. The average Bonchev–Trinajstić information content (AvgIpc) is 2.37. The van der Waals surface area contributed by atoms with E-state index in [1.54, 1.807) is 16.8 Å². The average molecular weight is 264 g/mol. The van der Waals surface area contributed by atoms with Crippen LogP contribution in [0.3, 0.4) is 0 Å². The second-order valence-corrected chi connectivity index (χ2v) is 4.65. The van der Waals surface area contributed by atoms with Crippen molar-refractivity contribution in [3.05, 3.63) is 23.8 Å². The molecule has 0 aromatic heterocycles. The van der Waals surface area contributed by atoms with Crippen LogP contribution in [0.4, 0.5) is 0 Å². The molecule has 0 saturated carbocycles. The van der Waals surface area contributed by atoms with Crippen LogP contribution in [0.25, 0.3) is 0 Å². The van der Waals surface area contributed by atoms with Crippen molar-refractivity contribution < 1.29 is 19.8 Å². The number of amides is 1. The van der Waals surface area contributed by atoms with E-state index in [1.165, 1.54) is 18.2 Å². The maximum Gasteiger partial charge on any atom is 0.236 e. The van der Waals surface area contributed by atoms with E-state index in [-0.39, 0.29) is 36.3 Å². The predicted molar refractivity (Wildman–Crippen MR) is 68.2 cm³/mol. The highest BCUT2D eigenvalue weighted by molar-refractivity contribution is 5.98. The summed E-state index contributed by atoms with van der Waals surface area (Å²) in [5.41, 5.74) is 0.321. The van der Waals surface area contributed by atoms with Crippen LogP contribution in [0.15, 0.2) is 18.2 Å². The zero-order chi connectivity index (χ0) is 14.0. The lowest BCUT2D eigenvalue weighted by atomic mass is 10.1. The molecule has 0 unspecified atom stereocenters. The van der Waals surface area contributed by atoms with Crippen LogP contribution < -0.4 is 0 Å². The maximum absolute atomic E-state index is 12.0. The van der Waals surface area contributed by atoms with E-state index < -0.39 is 0 Å². The fourth-order valence-corrected chi connectivity index (χ4v) is 1.93. The van der Waals surface area contributed by atoms with E-state index in [2.05, 4.69) is 0 Å². The van der Waals surface area contributed by atoms with Gasteiger partial charge < -0.3 is 15.1 Å². The van der Waals surface area contributed by atoms with Gasteiger partial charge in [0.1, 0.15) is 0 Å². The number of piperazine rings is 1. The lowest BCUT2D eigenvalue weighted by Crippen LogP contribution is -2.49. The number of Topliss-reactive ketones (excluding diaryl/α,β-unsaturated/α-hetero) is 1. The Morgan fingerprint density at radius 2 is 2.00 bits per heavy atom. The van der Waals surface area contributed by atoms with E-state index in [0.717, 1.165) is 0 Å². The van der Waals surface area contributed by atoms with Gasteiger partial charge in [0.25, 0.3) is 0 Å². The SMILES string of the molecule is CN1CCN(CC(=O)c2ccc(O)c(O)c2)CC1=O. The topological polar surface area (TPSA) is 81.1 Å². The van der Waals surface area contributed by atoms with Gasteiger partial charge >= 0.3 is 0 Å². The van der Waals surface area contributed by atoms with Crippen molar-refractivity contribution in [2.45, 2.75) is 0 Å². The lowest BCUT2D eigenvalue weighted by Gasteiger charge is -2.31. The van der Waals surface area contributed by atoms with Crippen molar-refractivity contribution in [1.29, 1.82) is 0 Å². The number of likely N-dealkylation sites (N-methyl/N-ethyl adjacent to an activating group) is 1. The fraction of sp³-hybridized carbons (Fsp3) is 0.385. The van der Waals surface area contributed by atoms with Crippen molar-refractivity contribution >= 4 is 11.7 Å². The summed E-state index contributed by atoms with van der Waals surface area (Å²) in [7, 11) is 1.74. The molecule has 1 aromatic carbocycles.